The number of halogens is 1. The quantitative estimate of drug-likeness (QED) is 0.748. The Hall–Kier alpha value is -3.28. The molecule has 0 atom stereocenters. The molecular weight excluding hydrogens is 319 g/mol. The van der Waals surface area contributed by atoms with Gasteiger partial charge in [-0.25, -0.2) is 14.4 Å². The van der Waals surface area contributed by atoms with Crippen molar-refractivity contribution in [1.29, 1.82) is 0 Å². The number of aromatic nitrogens is 2. The number of aryl methyl sites for hydroxylation is 2. The molecule has 0 aliphatic heterocycles. The highest BCUT2D eigenvalue weighted by molar-refractivity contribution is 6.03. The van der Waals surface area contributed by atoms with Gasteiger partial charge in [-0.1, -0.05) is 18.2 Å². The van der Waals surface area contributed by atoms with Crippen LogP contribution in [0.3, 0.4) is 0 Å². The van der Waals surface area contributed by atoms with Crippen molar-refractivity contribution < 1.29 is 9.18 Å². The van der Waals surface area contributed by atoms with E-state index in [1.165, 1.54) is 36.7 Å². The van der Waals surface area contributed by atoms with E-state index in [0.29, 0.717) is 17.2 Å². The molecule has 25 heavy (non-hydrogen) atoms. The van der Waals surface area contributed by atoms with E-state index in [0.717, 1.165) is 16.8 Å². The maximum atomic E-state index is 12.9. The number of carbonyl (C=O) groups is 1. The number of hydrogen-bond donors (Lipinski definition) is 2. The predicted molar refractivity (Wildman–Crippen MR) is 95.6 cm³/mol. The lowest BCUT2D eigenvalue weighted by Gasteiger charge is -2.11. The molecule has 0 radical (unpaired) electrons. The Bertz CT molecular complexity index is 872. The van der Waals surface area contributed by atoms with Gasteiger partial charge in [-0.2, -0.15) is 0 Å². The molecule has 3 aromatic rings. The summed E-state index contributed by atoms with van der Waals surface area (Å²) >= 11 is 0. The minimum atomic E-state index is -0.358. The van der Waals surface area contributed by atoms with Crippen molar-refractivity contribution in [3.63, 3.8) is 0 Å². The zero-order chi connectivity index (χ0) is 17.8. The third-order valence-electron chi connectivity index (χ3n) is 3.73. The maximum Gasteiger partial charge on any atom is 0.258 e. The SMILES string of the molecule is Cc1cccc(C)c1Nc1ncc(C(=O)Nc2ccc(F)cc2)cn1. The van der Waals surface area contributed by atoms with Crippen LogP contribution in [0.25, 0.3) is 0 Å². The van der Waals surface area contributed by atoms with Crippen LogP contribution in [0.2, 0.25) is 0 Å². The van der Waals surface area contributed by atoms with Gasteiger partial charge in [-0.15, -0.1) is 0 Å². The summed E-state index contributed by atoms with van der Waals surface area (Å²) in [5.41, 5.74) is 3.94. The molecule has 0 bridgehead atoms. The first-order valence-corrected chi connectivity index (χ1v) is 7.75. The minimum Gasteiger partial charge on any atom is -0.324 e. The third-order valence-corrected chi connectivity index (χ3v) is 3.73. The number of hydrogen-bond acceptors (Lipinski definition) is 4. The number of rotatable bonds is 4. The predicted octanol–water partition coefficient (Wildman–Crippen LogP) is 4.23. The number of nitrogens with one attached hydrogen (secondary N) is 2. The number of nitrogens with zero attached hydrogens (tertiary/aromatic N) is 2. The summed E-state index contributed by atoms with van der Waals surface area (Å²) in [7, 11) is 0. The van der Waals surface area contributed by atoms with E-state index in [1.54, 1.807) is 0 Å². The van der Waals surface area contributed by atoms with Crippen molar-refractivity contribution in [2.45, 2.75) is 13.8 Å². The Labute approximate surface area is 145 Å². The zero-order valence-corrected chi connectivity index (χ0v) is 13.9. The van der Waals surface area contributed by atoms with Crippen molar-refractivity contribution >= 4 is 23.2 Å². The molecule has 0 fully saturated rings. The minimum absolute atomic E-state index is 0.316. The summed E-state index contributed by atoms with van der Waals surface area (Å²) in [6, 6.07) is 11.5. The van der Waals surface area contributed by atoms with Gasteiger partial charge in [0.1, 0.15) is 5.82 Å². The third kappa shape index (κ3) is 3.98. The number of carbonyl (C=O) groups excluding carboxylic acids is 1. The second-order valence-electron chi connectivity index (χ2n) is 5.65. The molecule has 0 unspecified atom stereocenters. The molecule has 5 nitrogen and oxygen atoms in total. The summed E-state index contributed by atoms with van der Waals surface area (Å²) in [5, 5.41) is 5.83. The molecule has 126 valence electrons. The highest BCUT2D eigenvalue weighted by Crippen LogP contribution is 2.22. The molecule has 0 saturated carbocycles. The first kappa shape index (κ1) is 16.6. The summed E-state index contributed by atoms with van der Waals surface area (Å²) in [6.07, 6.45) is 2.89. The van der Waals surface area contributed by atoms with E-state index in [2.05, 4.69) is 20.6 Å². The smallest absolute Gasteiger partial charge is 0.258 e. The largest absolute Gasteiger partial charge is 0.324 e. The van der Waals surface area contributed by atoms with Crippen LogP contribution in [0, 0.1) is 19.7 Å². The fourth-order valence-electron chi connectivity index (χ4n) is 2.37. The summed E-state index contributed by atoms with van der Waals surface area (Å²) in [4.78, 5) is 20.6. The molecule has 6 heteroatoms. The molecule has 1 heterocycles. The lowest BCUT2D eigenvalue weighted by atomic mass is 10.1. The van der Waals surface area contributed by atoms with Crippen LogP contribution in [0.15, 0.2) is 54.9 Å². The van der Waals surface area contributed by atoms with Gasteiger partial charge >= 0.3 is 0 Å². The number of anilines is 3. The van der Waals surface area contributed by atoms with Crippen LogP contribution >= 0.6 is 0 Å². The van der Waals surface area contributed by atoms with Crippen LogP contribution in [-0.4, -0.2) is 15.9 Å². The Balaban J connectivity index is 1.71. The Morgan fingerprint density at radius 2 is 1.56 bits per heavy atom. The molecular formula is C19H17FN4O. The number of benzene rings is 2. The van der Waals surface area contributed by atoms with Gasteiger partial charge in [0.25, 0.3) is 5.91 Å². The Morgan fingerprint density at radius 1 is 0.960 bits per heavy atom. The monoisotopic (exact) mass is 336 g/mol. The fraction of sp³-hybridized carbons (Fsp3) is 0.105. The topological polar surface area (TPSA) is 66.9 Å². The lowest BCUT2D eigenvalue weighted by molar-refractivity contribution is 0.102. The normalized spacial score (nSPS) is 10.4. The van der Waals surface area contributed by atoms with Crippen LogP contribution in [0.4, 0.5) is 21.7 Å². The standard InChI is InChI=1S/C19H17FN4O/c1-12-4-3-5-13(2)17(12)24-19-21-10-14(11-22-19)18(25)23-16-8-6-15(20)7-9-16/h3-11H,1-2H3,(H,23,25)(H,21,22,24). The van der Waals surface area contributed by atoms with Crippen molar-refractivity contribution in [3.05, 3.63) is 77.4 Å². The van der Waals surface area contributed by atoms with Crippen molar-refractivity contribution in [3.8, 4) is 0 Å². The number of amides is 1. The van der Waals surface area contributed by atoms with Gasteiger partial charge in [0.2, 0.25) is 5.95 Å². The van der Waals surface area contributed by atoms with Gasteiger partial charge in [-0.05, 0) is 49.2 Å². The van der Waals surface area contributed by atoms with Crippen LogP contribution < -0.4 is 10.6 Å². The molecule has 0 aliphatic carbocycles. The first-order chi connectivity index (χ1) is 12.0. The highest BCUT2D eigenvalue weighted by Gasteiger charge is 2.09. The summed E-state index contributed by atoms with van der Waals surface area (Å²) in [6.45, 7) is 4.00. The van der Waals surface area contributed by atoms with Crippen LogP contribution in [0.5, 0.6) is 0 Å². The number of para-hydroxylation sites is 1. The molecule has 0 aliphatic rings. The van der Waals surface area contributed by atoms with Gasteiger partial charge < -0.3 is 10.6 Å². The van der Waals surface area contributed by atoms with Crippen molar-refractivity contribution in [2.24, 2.45) is 0 Å². The van der Waals surface area contributed by atoms with Gasteiger partial charge in [0.15, 0.2) is 0 Å². The van der Waals surface area contributed by atoms with E-state index in [-0.39, 0.29) is 11.7 Å². The van der Waals surface area contributed by atoms with E-state index in [1.807, 2.05) is 32.0 Å². The lowest BCUT2D eigenvalue weighted by Crippen LogP contribution is -2.13. The van der Waals surface area contributed by atoms with E-state index in [4.69, 9.17) is 0 Å². The first-order valence-electron chi connectivity index (χ1n) is 7.75. The molecule has 2 N–H and O–H groups in total. The molecule has 0 saturated heterocycles. The van der Waals surface area contributed by atoms with E-state index in [9.17, 15) is 9.18 Å². The van der Waals surface area contributed by atoms with Gasteiger partial charge in [0.05, 0.1) is 5.56 Å². The van der Waals surface area contributed by atoms with Crippen LogP contribution in [-0.2, 0) is 0 Å². The Morgan fingerprint density at radius 3 is 2.16 bits per heavy atom. The second kappa shape index (κ2) is 7.09. The van der Waals surface area contributed by atoms with Gasteiger partial charge in [-0.3, -0.25) is 4.79 Å². The average molecular weight is 336 g/mol. The highest BCUT2D eigenvalue weighted by atomic mass is 19.1. The van der Waals surface area contributed by atoms with E-state index >= 15 is 0 Å². The van der Waals surface area contributed by atoms with Crippen LogP contribution in [0.1, 0.15) is 21.5 Å². The van der Waals surface area contributed by atoms with Gasteiger partial charge in [0, 0.05) is 23.8 Å². The summed E-state index contributed by atoms with van der Waals surface area (Å²) in [5.74, 6) is -0.302. The van der Waals surface area contributed by atoms with Crippen molar-refractivity contribution in [2.75, 3.05) is 10.6 Å². The fourth-order valence-corrected chi connectivity index (χ4v) is 2.37. The second-order valence-corrected chi connectivity index (χ2v) is 5.65. The molecule has 1 aromatic heterocycles. The molecule has 3 rings (SSSR count). The molecule has 1 amide bonds. The molecule has 0 spiro atoms. The Kier molecular flexibility index (Phi) is 4.70. The summed E-state index contributed by atoms with van der Waals surface area (Å²) < 4.78 is 12.9. The van der Waals surface area contributed by atoms with E-state index < -0.39 is 0 Å². The molecule has 2 aromatic carbocycles. The van der Waals surface area contributed by atoms with Crippen molar-refractivity contribution in [1.82, 2.24) is 9.97 Å². The zero-order valence-electron chi connectivity index (χ0n) is 13.9. The maximum absolute atomic E-state index is 12.9. The average Bonchev–Trinajstić information content (AvgIpc) is 2.61.